The van der Waals surface area contributed by atoms with E-state index in [9.17, 15) is 5.21 Å². The lowest BCUT2D eigenvalue weighted by Crippen LogP contribution is -2.24. The van der Waals surface area contributed by atoms with Crippen molar-refractivity contribution in [2.75, 3.05) is 23.7 Å². The summed E-state index contributed by atoms with van der Waals surface area (Å²) >= 11 is 0. The fourth-order valence-electron chi connectivity index (χ4n) is 2.51. The molecule has 1 saturated heterocycles. The lowest BCUT2D eigenvalue weighted by Gasteiger charge is -2.20. The van der Waals surface area contributed by atoms with Gasteiger partial charge in [0.25, 0.3) is 0 Å². The van der Waals surface area contributed by atoms with Crippen LogP contribution in [-0.4, -0.2) is 13.1 Å². The van der Waals surface area contributed by atoms with Crippen molar-refractivity contribution in [1.82, 2.24) is 0 Å². The van der Waals surface area contributed by atoms with E-state index in [1.54, 1.807) is 6.20 Å². The van der Waals surface area contributed by atoms with E-state index >= 15 is 0 Å². The molecule has 0 aliphatic carbocycles. The number of aromatic nitrogens is 1. The third kappa shape index (κ3) is 1.65. The summed E-state index contributed by atoms with van der Waals surface area (Å²) in [4.78, 5) is 2.36. The van der Waals surface area contributed by atoms with Crippen molar-refractivity contribution < 1.29 is 4.73 Å². The Kier molecular flexibility index (Phi) is 2.28. The predicted molar refractivity (Wildman–Crippen MR) is 68.8 cm³/mol. The van der Waals surface area contributed by atoms with Crippen LogP contribution in [0.3, 0.4) is 0 Å². The Morgan fingerprint density at radius 1 is 1.12 bits per heavy atom. The van der Waals surface area contributed by atoms with Gasteiger partial charge in [-0.2, -0.15) is 4.73 Å². The van der Waals surface area contributed by atoms with Crippen molar-refractivity contribution in [3.05, 3.63) is 35.8 Å². The number of hydrogen-bond acceptors (Lipinski definition) is 3. The molecule has 0 amide bonds. The summed E-state index contributed by atoms with van der Waals surface area (Å²) in [6, 6.07) is 5.79. The first-order valence-corrected chi connectivity index (χ1v) is 5.92. The zero-order valence-electron chi connectivity index (χ0n) is 9.60. The molecule has 1 aliphatic rings. The monoisotopic (exact) mass is 229 g/mol. The highest BCUT2D eigenvalue weighted by molar-refractivity contribution is 6.00. The molecule has 0 atom stereocenters. The highest BCUT2D eigenvalue weighted by Gasteiger charge is 2.16. The van der Waals surface area contributed by atoms with E-state index < -0.39 is 0 Å². The van der Waals surface area contributed by atoms with Crippen LogP contribution in [-0.2, 0) is 0 Å². The summed E-state index contributed by atoms with van der Waals surface area (Å²) in [6.07, 6.45) is 5.55. The second-order valence-corrected chi connectivity index (χ2v) is 4.50. The molecule has 1 aromatic carbocycles. The molecule has 0 spiro atoms. The fourth-order valence-corrected chi connectivity index (χ4v) is 2.51. The molecule has 17 heavy (non-hydrogen) atoms. The Hall–Kier alpha value is -1.97. The second kappa shape index (κ2) is 3.80. The van der Waals surface area contributed by atoms with Crippen LogP contribution in [0.15, 0.2) is 30.6 Å². The van der Waals surface area contributed by atoms with Crippen molar-refractivity contribution >= 4 is 22.1 Å². The summed E-state index contributed by atoms with van der Waals surface area (Å²) in [7, 11) is 0. The van der Waals surface area contributed by atoms with Crippen molar-refractivity contribution in [3.8, 4) is 0 Å². The highest BCUT2D eigenvalue weighted by atomic mass is 16.5. The smallest absolute Gasteiger partial charge is 0.190 e. The second-order valence-electron chi connectivity index (χ2n) is 4.50. The van der Waals surface area contributed by atoms with Gasteiger partial charge in [0, 0.05) is 35.9 Å². The molecular weight excluding hydrogens is 214 g/mol. The van der Waals surface area contributed by atoms with Gasteiger partial charge in [-0.3, -0.25) is 0 Å². The molecule has 0 saturated carbocycles. The largest absolute Gasteiger partial charge is 0.619 e. The van der Waals surface area contributed by atoms with E-state index in [0.29, 0.717) is 5.69 Å². The van der Waals surface area contributed by atoms with Crippen LogP contribution in [0.25, 0.3) is 10.8 Å². The minimum atomic E-state index is 0.660. The topological polar surface area (TPSA) is 56.2 Å². The van der Waals surface area contributed by atoms with Crippen molar-refractivity contribution in [2.24, 2.45) is 0 Å². The van der Waals surface area contributed by atoms with E-state index in [-0.39, 0.29) is 0 Å². The van der Waals surface area contributed by atoms with Gasteiger partial charge in [-0.25, -0.2) is 0 Å². The highest BCUT2D eigenvalue weighted by Crippen LogP contribution is 2.31. The first kappa shape index (κ1) is 10.2. The van der Waals surface area contributed by atoms with Gasteiger partial charge in [-0.1, -0.05) is 0 Å². The normalized spacial score (nSPS) is 15.6. The molecule has 3 rings (SSSR count). The van der Waals surface area contributed by atoms with Gasteiger partial charge in [0.15, 0.2) is 12.4 Å². The van der Waals surface area contributed by atoms with Gasteiger partial charge in [0.1, 0.15) is 0 Å². The standard InChI is InChI=1S/C13H15N3O/c14-12-3-4-13(15-6-1-2-7-15)10-5-8-16(17)9-11(10)12/h3-5,8-9H,1-2,6-7,14H2. The molecule has 1 aliphatic heterocycles. The summed E-state index contributed by atoms with van der Waals surface area (Å²) < 4.78 is 0.798. The average Bonchev–Trinajstić information content (AvgIpc) is 2.84. The van der Waals surface area contributed by atoms with Crippen molar-refractivity contribution in [1.29, 1.82) is 0 Å². The summed E-state index contributed by atoms with van der Waals surface area (Å²) in [5.74, 6) is 0. The Balaban J connectivity index is 2.22. The van der Waals surface area contributed by atoms with E-state index in [2.05, 4.69) is 11.0 Å². The molecule has 0 radical (unpaired) electrons. The number of pyridine rings is 1. The van der Waals surface area contributed by atoms with Gasteiger partial charge >= 0.3 is 0 Å². The van der Waals surface area contributed by atoms with Crippen LogP contribution in [0.5, 0.6) is 0 Å². The van der Waals surface area contributed by atoms with Gasteiger partial charge in [0.2, 0.25) is 0 Å². The number of anilines is 2. The summed E-state index contributed by atoms with van der Waals surface area (Å²) in [6.45, 7) is 2.18. The number of hydrogen-bond donors (Lipinski definition) is 1. The number of nitrogens with two attached hydrogens (primary N) is 1. The molecule has 2 aromatic rings. The first-order chi connectivity index (χ1) is 8.25. The van der Waals surface area contributed by atoms with Crippen molar-refractivity contribution in [3.63, 3.8) is 0 Å². The number of nitrogens with zero attached hydrogens (tertiary/aromatic N) is 2. The van der Waals surface area contributed by atoms with Gasteiger partial charge in [0.05, 0.1) is 5.39 Å². The van der Waals surface area contributed by atoms with Crippen LogP contribution in [0.4, 0.5) is 11.4 Å². The first-order valence-electron chi connectivity index (χ1n) is 5.92. The minimum absolute atomic E-state index is 0.660. The third-order valence-electron chi connectivity index (χ3n) is 3.39. The Labute approximate surface area is 99.8 Å². The maximum atomic E-state index is 11.3. The van der Waals surface area contributed by atoms with Crippen LogP contribution >= 0.6 is 0 Å². The van der Waals surface area contributed by atoms with Gasteiger partial charge < -0.3 is 15.8 Å². The number of fused-ring (bicyclic) bond motifs is 1. The van der Waals surface area contributed by atoms with E-state index in [1.807, 2.05) is 12.1 Å². The van der Waals surface area contributed by atoms with Crippen molar-refractivity contribution in [2.45, 2.75) is 12.8 Å². The van der Waals surface area contributed by atoms with Crippen LogP contribution in [0, 0.1) is 5.21 Å². The van der Waals surface area contributed by atoms with Crippen LogP contribution < -0.4 is 15.4 Å². The Morgan fingerprint density at radius 2 is 1.88 bits per heavy atom. The molecule has 4 heteroatoms. The Bertz CT molecular complexity index is 562. The molecule has 0 unspecified atom stereocenters. The quantitative estimate of drug-likeness (QED) is 0.459. The van der Waals surface area contributed by atoms with Crippen LogP contribution in [0.1, 0.15) is 12.8 Å². The maximum Gasteiger partial charge on any atom is 0.190 e. The Morgan fingerprint density at radius 3 is 2.65 bits per heavy atom. The number of benzene rings is 1. The summed E-state index contributed by atoms with van der Waals surface area (Å²) in [5, 5.41) is 13.2. The molecule has 1 fully saturated rings. The zero-order chi connectivity index (χ0) is 11.8. The lowest BCUT2D eigenvalue weighted by molar-refractivity contribution is -0.603. The van der Waals surface area contributed by atoms with Gasteiger partial charge in [-0.15, -0.1) is 0 Å². The number of nitrogen functional groups attached to an aromatic ring is 1. The molecule has 88 valence electrons. The van der Waals surface area contributed by atoms with Crippen LogP contribution in [0.2, 0.25) is 0 Å². The molecule has 4 nitrogen and oxygen atoms in total. The lowest BCUT2D eigenvalue weighted by atomic mass is 10.1. The fraction of sp³-hybridized carbons (Fsp3) is 0.308. The molecule has 0 bridgehead atoms. The minimum Gasteiger partial charge on any atom is -0.619 e. The molecule has 2 N–H and O–H groups in total. The zero-order valence-corrected chi connectivity index (χ0v) is 9.60. The maximum absolute atomic E-state index is 11.3. The molecule has 1 aromatic heterocycles. The van der Waals surface area contributed by atoms with E-state index in [1.165, 1.54) is 24.7 Å². The van der Waals surface area contributed by atoms with E-state index in [0.717, 1.165) is 28.6 Å². The van der Waals surface area contributed by atoms with E-state index in [4.69, 9.17) is 5.73 Å². The summed E-state index contributed by atoms with van der Waals surface area (Å²) in [5.41, 5.74) is 7.77. The number of rotatable bonds is 1. The molecule has 2 heterocycles. The SMILES string of the molecule is Nc1ccc(N2CCCC2)c2cc[n+]([O-])cc12. The molecular formula is C13H15N3O. The van der Waals surface area contributed by atoms with Gasteiger partial charge in [-0.05, 0) is 25.0 Å². The predicted octanol–water partition coefficient (Wildman–Crippen LogP) is 1.66. The third-order valence-corrected chi connectivity index (χ3v) is 3.39. The average molecular weight is 229 g/mol.